The minimum atomic E-state index is -1.09. The largest absolute Gasteiger partial charge is 0.452 e. The van der Waals surface area contributed by atoms with Crippen LogP contribution in [0.1, 0.15) is 27.2 Å². The molecule has 140 valence electrons. The van der Waals surface area contributed by atoms with E-state index >= 15 is 0 Å². The van der Waals surface area contributed by atoms with Crippen molar-refractivity contribution >= 4 is 29.5 Å². The molecule has 26 heavy (non-hydrogen) atoms. The molecule has 4 amide bonds. The zero-order chi connectivity index (χ0) is 19.5. The van der Waals surface area contributed by atoms with Crippen molar-refractivity contribution in [3.63, 3.8) is 0 Å². The molecule has 9 heteroatoms. The fraction of sp³-hybridized carbons (Fsp3) is 0.412. The fourth-order valence-corrected chi connectivity index (χ4v) is 2.31. The Hall–Kier alpha value is -2.97. The molecule has 1 heterocycles. The van der Waals surface area contributed by atoms with Crippen molar-refractivity contribution < 1.29 is 28.3 Å². The van der Waals surface area contributed by atoms with Crippen molar-refractivity contribution in [2.45, 2.75) is 38.8 Å². The van der Waals surface area contributed by atoms with Gasteiger partial charge in [0.1, 0.15) is 11.4 Å². The van der Waals surface area contributed by atoms with Crippen LogP contribution in [0.3, 0.4) is 0 Å². The number of ether oxygens (including phenoxy) is 1. The Labute approximate surface area is 149 Å². The molecule has 2 rings (SSSR count). The summed E-state index contributed by atoms with van der Waals surface area (Å²) in [5, 5.41) is 4.99. The van der Waals surface area contributed by atoms with Gasteiger partial charge >= 0.3 is 12.0 Å². The third kappa shape index (κ3) is 4.56. The SMILES string of the molecule is C[C@H](OC(=O)CCN1C(=O)NC(C)(C)C1=O)C(=O)Nc1ccc(F)cc1. The second-order valence-electron chi connectivity index (χ2n) is 6.39. The fourth-order valence-electron chi connectivity index (χ4n) is 2.31. The van der Waals surface area contributed by atoms with Crippen LogP contribution < -0.4 is 10.6 Å². The number of halogens is 1. The van der Waals surface area contributed by atoms with Crippen molar-refractivity contribution in [2.75, 3.05) is 11.9 Å². The van der Waals surface area contributed by atoms with E-state index in [1.54, 1.807) is 13.8 Å². The zero-order valence-electron chi connectivity index (χ0n) is 14.7. The van der Waals surface area contributed by atoms with Gasteiger partial charge in [-0.3, -0.25) is 19.3 Å². The number of amides is 4. The van der Waals surface area contributed by atoms with E-state index < -0.39 is 41.3 Å². The second-order valence-corrected chi connectivity index (χ2v) is 6.39. The molecule has 1 fully saturated rings. The van der Waals surface area contributed by atoms with Crippen LogP contribution >= 0.6 is 0 Å². The summed E-state index contributed by atoms with van der Waals surface area (Å²) in [6.07, 6.45) is -1.32. The van der Waals surface area contributed by atoms with Crippen molar-refractivity contribution in [2.24, 2.45) is 0 Å². The standard InChI is InChI=1S/C17H20FN3O5/c1-10(14(23)19-12-6-4-11(18)5-7-12)26-13(22)8-9-21-15(24)17(2,3)20-16(21)25/h4-7,10H,8-9H2,1-3H3,(H,19,23)(H,20,25)/t10-/m0/s1. The van der Waals surface area contributed by atoms with E-state index in [-0.39, 0.29) is 13.0 Å². The molecule has 0 saturated carbocycles. The summed E-state index contributed by atoms with van der Waals surface area (Å²) >= 11 is 0. The third-order valence-electron chi connectivity index (χ3n) is 3.77. The van der Waals surface area contributed by atoms with Crippen LogP contribution in [0.5, 0.6) is 0 Å². The Kier molecular flexibility index (Phi) is 5.59. The molecular formula is C17H20FN3O5. The molecule has 0 unspecified atom stereocenters. The van der Waals surface area contributed by atoms with Gasteiger partial charge in [-0.05, 0) is 45.0 Å². The lowest BCUT2D eigenvalue weighted by molar-refractivity contribution is -0.153. The topological polar surface area (TPSA) is 105 Å². The Balaban J connectivity index is 1.81. The van der Waals surface area contributed by atoms with Crippen LogP contribution in [-0.4, -0.2) is 46.9 Å². The van der Waals surface area contributed by atoms with Gasteiger partial charge in [-0.25, -0.2) is 9.18 Å². The Bertz CT molecular complexity index is 732. The number of rotatable bonds is 6. The van der Waals surface area contributed by atoms with Gasteiger partial charge in [0.05, 0.1) is 6.42 Å². The van der Waals surface area contributed by atoms with Crippen LogP contribution in [0.2, 0.25) is 0 Å². The molecule has 1 aliphatic heterocycles. The Morgan fingerprint density at radius 3 is 2.42 bits per heavy atom. The summed E-state index contributed by atoms with van der Waals surface area (Å²) in [5.41, 5.74) is -0.649. The van der Waals surface area contributed by atoms with Crippen molar-refractivity contribution in [3.05, 3.63) is 30.1 Å². The first-order chi connectivity index (χ1) is 12.1. The van der Waals surface area contributed by atoms with Crippen LogP contribution in [0.15, 0.2) is 24.3 Å². The molecule has 0 spiro atoms. The summed E-state index contributed by atoms with van der Waals surface area (Å²) in [4.78, 5) is 48.5. The number of nitrogens with one attached hydrogen (secondary N) is 2. The highest BCUT2D eigenvalue weighted by Crippen LogP contribution is 2.17. The summed E-state index contributed by atoms with van der Waals surface area (Å²) < 4.78 is 17.8. The number of imide groups is 1. The van der Waals surface area contributed by atoms with Gasteiger partial charge in [0, 0.05) is 12.2 Å². The quantitative estimate of drug-likeness (QED) is 0.586. The Morgan fingerprint density at radius 2 is 1.88 bits per heavy atom. The normalized spacial score (nSPS) is 16.8. The van der Waals surface area contributed by atoms with Crippen molar-refractivity contribution in [1.82, 2.24) is 10.2 Å². The summed E-state index contributed by atoms with van der Waals surface area (Å²) in [7, 11) is 0. The molecule has 0 aliphatic carbocycles. The first kappa shape index (κ1) is 19.4. The highest BCUT2D eigenvalue weighted by molar-refractivity contribution is 6.06. The van der Waals surface area contributed by atoms with Gasteiger partial charge in [0.25, 0.3) is 11.8 Å². The van der Waals surface area contributed by atoms with Crippen molar-refractivity contribution in [1.29, 1.82) is 0 Å². The predicted octanol–water partition coefficient (Wildman–Crippen LogP) is 1.42. The lowest BCUT2D eigenvalue weighted by Gasteiger charge is -2.17. The maximum atomic E-state index is 12.8. The lowest BCUT2D eigenvalue weighted by Crippen LogP contribution is -2.40. The second kappa shape index (κ2) is 7.51. The molecule has 0 bridgehead atoms. The predicted molar refractivity (Wildman–Crippen MR) is 89.5 cm³/mol. The van der Waals surface area contributed by atoms with Crippen molar-refractivity contribution in [3.8, 4) is 0 Å². The highest BCUT2D eigenvalue weighted by atomic mass is 19.1. The first-order valence-corrected chi connectivity index (χ1v) is 8.00. The van der Waals surface area contributed by atoms with E-state index in [9.17, 15) is 23.6 Å². The van der Waals surface area contributed by atoms with E-state index in [1.807, 2.05) is 0 Å². The summed E-state index contributed by atoms with van der Waals surface area (Å²) in [6, 6.07) is 4.55. The van der Waals surface area contributed by atoms with Gasteiger partial charge in [0.15, 0.2) is 6.10 Å². The van der Waals surface area contributed by atoms with Crippen LogP contribution in [0.4, 0.5) is 14.9 Å². The molecule has 8 nitrogen and oxygen atoms in total. The van der Waals surface area contributed by atoms with E-state index in [1.165, 1.54) is 31.2 Å². The van der Waals surface area contributed by atoms with Crippen LogP contribution in [0.25, 0.3) is 0 Å². The van der Waals surface area contributed by atoms with Gasteiger partial charge in [-0.2, -0.15) is 0 Å². The van der Waals surface area contributed by atoms with E-state index in [0.29, 0.717) is 5.69 Å². The van der Waals surface area contributed by atoms with Gasteiger partial charge < -0.3 is 15.4 Å². The number of esters is 1. The maximum Gasteiger partial charge on any atom is 0.325 e. The first-order valence-electron chi connectivity index (χ1n) is 8.00. The molecule has 1 atom stereocenters. The van der Waals surface area contributed by atoms with Gasteiger partial charge in [0.2, 0.25) is 0 Å². The number of carbonyl (C=O) groups is 4. The smallest absolute Gasteiger partial charge is 0.325 e. The molecule has 1 aromatic carbocycles. The average molecular weight is 365 g/mol. The number of benzene rings is 1. The lowest BCUT2D eigenvalue weighted by atomic mass is 10.1. The van der Waals surface area contributed by atoms with Gasteiger partial charge in [-0.15, -0.1) is 0 Å². The minimum absolute atomic E-state index is 0.140. The number of urea groups is 1. The summed E-state index contributed by atoms with van der Waals surface area (Å²) in [6.45, 7) is 4.37. The molecule has 0 aromatic heterocycles. The maximum absolute atomic E-state index is 12.8. The van der Waals surface area contributed by atoms with Gasteiger partial charge in [-0.1, -0.05) is 0 Å². The molecule has 0 radical (unpaired) electrons. The minimum Gasteiger partial charge on any atom is -0.452 e. The highest BCUT2D eigenvalue weighted by Gasteiger charge is 2.44. The van der Waals surface area contributed by atoms with E-state index in [2.05, 4.69) is 10.6 Å². The summed E-state index contributed by atoms with van der Waals surface area (Å²) in [5.74, 6) is -2.18. The third-order valence-corrected chi connectivity index (χ3v) is 3.77. The van der Waals surface area contributed by atoms with Crippen LogP contribution in [-0.2, 0) is 19.1 Å². The molecule has 1 aromatic rings. The monoisotopic (exact) mass is 365 g/mol. The number of anilines is 1. The van der Waals surface area contributed by atoms with E-state index in [0.717, 1.165) is 4.90 Å². The number of nitrogens with zero attached hydrogens (tertiary/aromatic N) is 1. The molecule has 1 aliphatic rings. The zero-order valence-corrected chi connectivity index (χ0v) is 14.7. The number of hydrogen-bond acceptors (Lipinski definition) is 5. The Morgan fingerprint density at radius 1 is 1.27 bits per heavy atom. The average Bonchev–Trinajstić information content (AvgIpc) is 2.75. The number of carbonyl (C=O) groups excluding carboxylic acids is 4. The molecule has 1 saturated heterocycles. The molecule has 2 N–H and O–H groups in total. The number of hydrogen-bond donors (Lipinski definition) is 2. The van der Waals surface area contributed by atoms with E-state index in [4.69, 9.17) is 4.74 Å². The van der Waals surface area contributed by atoms with Crippen LogP contribution in [0, 0.1) is 5.82 Å². The molecular weight excluding hydrogens is 345 g/mol.